The predicted octanol–water partition coefficient (Wildman–Crippen LogP) is 0.669. The number of hydrogen-bond donors (Lipinski definition) is 2. The number of sulfonamides is 1. The fourth-order valence-electron chi connectivity index (χ4n) is 3.09. The van der Waals surface area contributed by atoms with Gasteiger partial charge in [0.2, 0.25) is 10.0 Å². The second-order valence-electron chi connectivity index (χ2n) is 6.12. The van der Waals surface area contributed by atoms with Crippen LogP contribution in [0.2, 0.25) is 0 Å². The second kappa shape index (κ2) is 8.12. The third-order valence-corrected chi connectivity index (χ3v) is 4.96. The van der Waals surface area contributed by atoms with Gasteiger partial charge in [-0.15, -0.1) is 0 Å². The number of amides is 2. The molecule has 0 unspecified atom stereocenters. The SMILES string of the molecule is CS(=O)(=O)NCC[C@@H]1CCCCN1C(=O)NC[C@H]1CCCO1. The minimum Gasteiger partial charge on any atom is -0.376 e. The zero-order valence-corrected chi connectivity index (χ0v) is 14.0. The summed E-state index contributed by atoms with van der Waals surface area (Å²) in [5.41, 5.74) is 0. The molecule has 8 heteroatoms. The molecule has 0 bridgehead atoms. The van der Waals surface area contributed by atoms with Crippen molar-refractivity contribution in [1.82, 2.24) is 14.9 Å². The van der Waals surface area contributed by atoms with E-state index in [1.165, 1.54) is 0 Å². The summed E-state index contributed by atoms with van der Waals surface area (Å²) in [5, 5.41) is 2.95. The summed E-state index contributed by atoms with van der Waals surface area (Å²) in [7, 11) is -3.17. The molecular formula is C14H27N3O4S. The number of nitrogens with one attached hydrogen (secondary N) is 2. The van der Waals surface area contributed by atoms with Crippen LogP contribution in [-0.2, 0) is 14.8 Å². The van der Waals surface area contributed by atoms with Crippen molar-refractivity contribution in [3.63, 3.8) is 0 Å². The molecule has 0 aromatic rings. The van der Waals surface area contributed by atoms with Gasteiger partial charge in [-0.1, -0.05) is 0 Å². The highest BCUT2D eigenvalue weighted by molar-refractivity contribution is 7.88. The quantitative estimate of drug-likeness (QED) is 0.748. The van der Waals surface area contributed by atoms with Crippen LogP contribution < -0.4 is 10.0 Å². The monoisotopic (exact) mass is 333 g/mol. The van der Waals surface area contributed by atoms with Crippen LogP contribution in [0.25, 0.3) is 0 Å². The van der Waals surface area contributed by atoms with E-state index in [0.29, 0.717) is 19.5 Å². The molecule has 0 aliphatic carbocycles. The Morgan fingerprint density at radius 2 is 2.09 bits per heavy atom. The molecule has 0 spiro atoms. The molecule has 0 aromatic carbocycles. The van der Waals surface area contributed by atoms with Gasteiger partial charge in [-0.25, -0.2) is 17.9 Å². The van der Waals surface area contributed by atoms with Crippen molar-refractivity contribution in [2.24, 2.45) is 0 Å². The number of rotatable bonds is 6. The predicted molar refractivity (Wildman–Crippen MR) is 84.2 cm³/mol. The summed E-state index contributed by atoms with van der Waals surface area (Å²) in [6.45, 7) is 2.45. The summed E-state index contributed by atoms with van der Waals surface area (Å²) in [5.74, 6) is 0. The number of ether oxygens (including phenoxy) is 1. The number of piperidine rings is 1. The Morgan fingerprint density at radius 1 is 1.27 bits per heavy atom. The minimum absolute atomic E-state index is 0.0560. The van der Waals surface area contributed by atoms with Crippen molar-refractivity contribution in [2.45, 2.75) is 50.7 Å². The van der Waals surface area contributed by atoms with E-state index in [9.17, 15) is 13.2 Å². The number of nitrogens with zero attached hydrogens (tertiary/aromatic N) is 1. The molecule has 2 rings (SSSR count). The maximum atomic E-state index is 12.3. The Kier molecular flexibility index (Phi) is 6.46. The summed E-state index contributed by atoms with van der Waals surface area (Å²) < 4.78 is 30.2. The Balaban J connectivity index is 1.78. The first kappa shape index (κ1) is 17.5. The number of hydrogen-bond acceptors (Lipinski definition) is 4. The molecule has 0 aromatic heterocycles. The molecule has 0 radical (unpaired) electrons. The van der Waals surface area contributed by atoms with Crippen LogP contribution in [-0.4, -0.2) is 64.0 Å². The van der Waals surface area contributed by atoms with Crippen molar-refractivity contribution in [3.8, 4) is 0 Å². The van der Waals surface area contributed by atoms with E-state index in [2.05, 4.69) is 10.0 Å². The largest absolute Gasteiger partial charge is 0.376 e. The normalized spacial score (nSPS) is 26.1. The standard InChI is InChI=1S/C14H27N3O4S/c1-22(19,20)16-8-7-12-5-2-3-9-17(12)14(18)15-11-13-6-4-10-21-13/h12-13,16H,2-11H2,1H3,(H,15,18)/t12-,13+/m0/s1. The fourth-order valence-corrected chi connectivity index (χ4v) is 3.58. The molecule has 2 aliphatic heterocycles. The van der Waals surface area contributed by atoms with Crippen molar-refractivity contribution in [1.29, 1.82) is 0 Å². The zero-order chi connectivity index (χ0) is 16.0. The molecular weight excluding hydrogens is 306 g/mol. The number of likely N-dealkylation sites (tertiary alicyclic amines) is 1. The van der Waals surface area contributed by atoms with E-state index in [1.54, 1.807) is 0 Å². The van der Waals surface area contributed by atoms with Crippen LogP contribution in [0.15, 0.2) is 0 Å². The van der Waals surface area contributed by atoms with Crippen LogP contribution in [0.3, 0.4) is 0 Å². The van der Waals surface area contributed by atoms with Gasteiger partial charge in [0.15, 0.2) is 0 Å². The first-order valence-corrected chi connectivity index (χ1v) is 9.95. The molecule has 2 atom stereocenters. The topological polar surface area (TPSA) is 87.7 Å². The molecule has 22 heavy (non-hydrogen) atoms. The number of carbonyl (C=O) groups is 1. The lowest BCUT2D eigenvalue weighted by atomic mass is 10.00. The van der Waals surface area contributed by atoms with Crippen molar-refractivity contribution in [3.05, 3.63) is 0 Å². The lowest BCUT2D eigenvalue weighted by Crippen LogP contribution is -2.50. The van der Waals surface area contributed by atoms with E-state index >= 15 is 0 Å². The minimum atomic E-state index is -3.17. The van der Waals surface area contributed by atoms with Gasteiger partial charge in [0, 0.05) is 32.3 Å². The molecule has 2 aliphatic rings. The van der Waals surface area contributed by atoms with Crippen LogP contribution in [0.1, 0.15) is 38.5 Å². The summed E-state index contributed by atoms with van der Waals surface area (Å²) >= 11 is 0. The van der Waals surface area contributed by atoms with E-state index in [-0.39, 0.29) is 18.2 Å². The fraction of sp³-hybridized carbons (Fsp3) is 0.929. The summed E-state index contributed by atoms with van der Waals surface area (Å²) in [6.07, 6.45) is 7.02. The smallest absolute Gasteiger partial charge is 0.317 e. The van der Waals surface area contributed by atoms with E-state index < -0.39 is 10.0 Å². The third kappa shape index (κ3) is 5.73. The van der Waals surface area contributed by atoms with Crippen molar-refractivity contribution in [2.75, 3.05) is 32.5 Å². The summed E-state index contributed by atoms with van der Waals surface area (Å²) in [4.78, 5) is 14.2. The highest BCUT2D eigenvalue weighted by Crippen LogP contribution is 2.19. The summed E-state index contributed by atoms with van der Waals surface area (Å²) in [6, 6.07) is 0.0482. The Labute approximate surface area is 132 Å². The van der Waals surface area contributed by atoms with Crippen LogP contribution >= 0.6 is 0 Å². The van der Waals surface area contributed by atoms with Gasteiger partial charge in [-0.3, -0.25) is 0 Å². The van der Waals surface area contributed by atoms with Crippen molar-refractivity contribution >= 4 is 16.1 Å². The lowest BCUT2D eigenvalue weighted by molar-refractivity contribution is 0.104. The average molecular weight is 333 g/mol. The van der Waals surface area contributed by atoms with Gasteiger partial charge in [0.25, 0.3) is 0 Å². The number of carbonyl (C=O) groups excluding carboxylic acids is 1. The van der Waals surface area contributed by atoms with E-state index in [4.69, 9.17) is 4.74 Å². The molecule has 2 saturated heterocycles. The Hall–Kier alpha value is -0.860. The average Bonchev–Trinajstić information content (AvgIpc) is 2.97. The third-order valence-electron chi connectivity index (χ3n) is 4.23. The highest BCUT2D eigenvalue weighted by Gasteiger charge is 2.27. The second-order valence-corrected chi connectivity index (χ2v) is 7.95. The molecule has 0 saturated carbocycles. The molecule has 2 amide bonds. The zero-order valence-electron chi connectivity index (χ0n) is 13.2. The molecule has 7 nitrogen and oxygen atoms in total. The molecule has 128 valence electrons. The number of urea groups is 1. The van der Waals surface area contributed by atoms with Gasteiger partial charge < -0.3 is 15.0 Å². The first-order chi connectivity index (χ1) is 10.5. The van der Waals surface area contributed by atoms with Gasteiger partial charge >= 0.3 is 6.03 Å². The van der Waals surface area contributed by atoms with E-state index in [1.807, 2.05) is 4.90 Å². The van der Waals surface area contributed by atoms with Gasteiger partial charge in [0.1, 0.15) is 0 Å². The van der Waals surface area contributed by atoms with Gasteiger partial charge in [-0.05, 0) is 38.5 Å². The first-order valence-electron chi connectivity index (χ1n) is 8.06. The Morgan fingerprint density at radius 3 is 2.77 bits per heavy atom. The highest BCUT2D eigenvalue weighted by atomic mass is 32.2. The van der Waals surface area contributed by atoms with E-state index in [0.717, 1.165) is 51.5 Å². The maximum Gasteiger partial charge on any atom is 0.317 e. The van der Waals surface area contributed by atoms with Gasteiger partial charge in [-0.2, -0.15) is 0 Å². The van der Waals surface area contributed by atoms with Crippen LogP contribution in [0.5, 0.6) is 0 Å². The van der Waals surface area contributed by atoms with Crippen molar-refractivity contribution < 1.29 is 17.9 Å². The maximum absolute atomic E-state index is 12.3. The molecule has 2 heterocycles. The van der Waals surface area contributed by atoms with Crippen LogP contribution in [0.4, 0.5) is 4.79 Å². The lowest BCUT2D eigenvalue weighted by Gasteiger charge is -2.36. The molecule has 2 fully saturated rings. The Bertz CT molecular complexity index is 463. The van der Waals surface area contributed by atoms with Gasteiger partial charge in [0.05, 0.1) is 12.4 Å². The molecule has 2 N–H and O–H groups in total. The van der Waals surface area contributed by atoms with Crippen LogP contribution in [0, 0.1) is 0 Å².